The Morgan fingerprint density at radius 1 is 1.23 bits per heavy atom. The molecule has 0 bridgehead atoms. The highest BCUT2D eigenvalue weighted by Crippen LogP contribution is 2.13. The van der Waals surface area contributed by atoms with Gasteiger partial charge in [0.15, 0.2) is 0 Å². The van der Waals surface area contributed by atoms with Crippen molar-refractivity contribution in [2.75, 3.05) is 26.3 Å². The van der Waals surface area contributed by atoms with Gasteiger partial charge in [-0.25, -0.2) is 9.78 Å². The number of carbonyl (C=O) groups excluding carboxylic acids is 2. The Bertz CT molecular complexity index is 913. The Hall–Kier alpha value is -3.12. The van der Waals surface area contributed by atoms with Crippen molar-refractivity contribution in [3.63, 3.8) is 0 Å². The fraction of sp³-hybridized carbons (Fsp3) is 0.524. The molecular formula is C21H28N6O3. The third-order valence-electron chi connectivity index (χ3n) is 5.00. The molecule has 0 spiro atoms. The molecule has 0 aliphatic carbocycles. The molecule has 1 saturated heterocycles. The lowest BCUT2D eigenvalue weighted by molar-refractivity contribution is -0.123. The first kappa shape index (κ1) is 21.6. The number of nitriles is 1. The second kappa shape index (κ2) is 10.1. The minimum absolute atomic E-state index is 0.198. The zero-order valence-electron chi connectivity index (χ0n) is 17.4. The lowest BCUT2D eigenvalue weighted by Gasteiger charge is -2.29. The van der Waals surface area contributed by atoms with Crippen molar-refractivity contribution in [1.29, 1.82) is 5.26 Å². The molecular weight excluding hydrogens is 384 g/mol. The van der Waals surface area contributed by atoms with Gasteiger partial charge in [-0.3, -0.25) is 4.79 Å². The van der Waals surface area contributed by atoms with Gasteiger partial charge in [-0.05, 0) is 24.5 Å². The number of amides is 3. The zero-order chi connectivity index (χ0) is 21.5. The molecule has 1 aromatic heterocycles. The summed E-state index contributed by atoms with van der Waals surface area (Å²) in [7, 11) is 0. The number of carbonyl (C=O) groups is 2. The van der Waals surface area contributed by atoms with Crippen LogP contribution in [0, 0.1) is 17.2 Å². The molecule has 2 heterocycles. The van der Waals surface area contributed by atoms with E-state index >= 15 is 0 Å². The number of urea groups is 1. The van der Waals surface area contributed by atoms with Crippen LogP contribution in [0.5, 0.6) is 0 Å². The number of benzene rings is 1. The summed E-state index contributed by atoms with van der Waals surface area (Å²) in [5.41, 5.74) is 1.72. The molecule has 2 N–H and O–H groups in total. The van der Waals surface area contributed by atoms with Crippen LogP contribution >= 0.6 is 0 Å². The van der Waals surface area contributed by atoms with Crippen LogP contribution in [0.3, 0.4) is 0 Å². The smallest absolute Gasteiger partial charge is 0.318 e. The molecule has 1 fully saturated rings. The number of hydrogen-bond acceptors (Lipinski definition) is 5. The molecule has 1 aliphatic heterocycles. The summed E-state index contributed by atoms with van der Waals surface area (Å²) in [6.45, 7) is 6.22. The predicted molar refractivity (Wildman–Crippen MR) is 111 cm³/mol. The van der Waals surface area contributed by atoms with Crippen molar-refractivity contribution in [1.82, 2.24) is 25.1 Å². The van der Waals surface area contributed by atoms with Gasteiger partial charge in [-0.1, -0.05) is 26.0 Å². The maximum absolute atomic E-state index is 12.9. The lowest BCUT2D eigenvalue weighted by Crippen LogP contribution is -2.55. The lowest BCUT2D eigenvalue weighted by atomic mass is 10.0. The van der Waals surface area contributed by atoms with E-state index in [9.17, 15) is 14.9 Å². The van der Waals surface area contributed by atoms with E-state index in [0.717, 1.165) is 11.0 Å². The monoisotopic (exact) mass is 412 g/mol. The molecule has 160 valence electrons. The Morgan fingerprint density at radius 2 is 1.97 bits per heavy atom. The van der Waals surface area contributed by atoms with E-state index < -0.39 is 12.1 Å². The third kappa shape index (κ3) is 5.48. The fourth-order valence-electron chi connectivity index (χ4n) is 3.45. The number of hydrogen-bond donors (Lipinski definition) is 2. The highest BCUT2D eigenvalue weighted by atomic mass is 16.5. The number of nitrogens with zero attached hydrogens (tertiary/aromatic N) is 4. The second-order valence-corrected chi connectivity index (χ2v) is 7.81. The van der Waals surface area contributed by atoms with Gasteiger partial charge in [0.05, 0.1) is 43.2 Å². The van der Waals surface area contributed by atoms with Gasteiger partial charge in [-0.2, -0.15) is 5.26 Å². The standard InChI is InChI=1S/C21H28N6O3/c1-15(2)11-18(25-21(29)26-7-9-30-10-8-26)20(28)24-16(12-22)13-27-14-23-17-5-3-4-6-19(17)27/h3-6,14-16,18H,7-11,13H2,1-2H3,(H,24,28)(H,25,29)/t16-,18+/m1/s1. The molecule has 0 unspecified atom stereocenters. The SMILES string of the molecule is CC(C)C[C@H](NC(=O)N1CCOCC1)C(=O)N[C@H](C#N)Cn1cnc2ccccc21. The second-order valence-electron chi connectivity index (χ2n) is 7.81. The first-order valence-electron chi connectivity index (χ1n) is 10.2. The van der Waals surface area contributed by atoms with Gasteiger partial charge in [-0.15, -0.1) is 0 Å². The molecule has 0 radical (unpaired) electrons. The summed E-state index contributed by atoms with van der Waals surface area (Å²) in [4.78, 5) is 31.4. The van der Waals surface area contributed by atoms with Crippen molar-refractivity contribution < 1.29 is 14.3 Å². The van der Waals surface area contributed by atoms with Crippen LogP contribution in [0.1, 0.15) is 20.3 Å². The number of rotatable bonds is 7. The van der Waals surface area contributed by atoms with Gasteiger partial charge in [0.25, 0.3) is 0 Å². The van der Waals surface area contributed by atoms with Crippen LogP contribution in [-0.4, -0.2) is 64.8 Å². The number of aromatic nitrogens is 2. The first-order valence-corrected chi connectivity index (χ1v) is 10.2. The molecule has 3 amide bonds. The van der Waals surface area contributed by atoms with Gasteiger partial charge in [0, 0.05) is 13.1 Å². The van der Waals surface area contributed by atoms with Crippen LogP contribution in [0.25, 0.3) is 11.0 Å². The van der Waals surface area contributed by atoms with E-state index in [-0.39, 0.29) is 24.4 Å². The molecule has 9 heteroatoms. The number of imidazole rings is 1. The molecule has 2 aromatic rings. The molecule has 2 atom stereocenters. The predicted octanol–water partition coefficient (Wildman–Crippen LogP) is 1.50. The molecule has 30 heavy (non-hydrogen) atoms. The van der Waals surface area contributed by atoms with Crippen LogP contribution in [-0.2, 0) is 16.1 Å². The van der Waals surface area contributed by atoms with Crippen molar-refractivity contribution in [3.8, 4) is 6.07 Å². The van der Waals surface area contributed by atoms with Crippen molar-refractivity contribution in [2.24, 2.45) is 5.92 Å². The van der Waals surface area contributed by atoms with Crippen molar-refractivity contribution in [2.45, 2.75) is 38.9 Å². The highest BCUT2D eigenvalue weighted by Gasteiger charge is 2.27. The zero-order valence-corrected chi connectivity index (χ0v) is 17.4. The Balaban J connectivity index is 1.65. The van der Waals surface area contributed by atoms with Gasteiger partial charge < -0.3 is 24.8 Å². The van der Waals surface area contributed by atoms with Gasteiger partial charge >= 0.3 is 6.03 Å². The van der Waals surface area contributed by atoms with E-state index in [1.165, 1.54) is 0 Å². The highest BCUT2D eigenvalue weighted by molar-refractivity contribution is 5.87. The largest absolute Gasteiger partial charge is 0.378 e. The van der Waals surface area contributed by atoms with E-state index in [2.05, 4.69) is 21.7 Å². The van der Waals surface area contributed by atoms with E-state index in [0.29, 0.717) is 32.7 Å². The average molecular weight is 412 g/mol. The molecule has 9 nitrogen and oxygen atoms in total. The summed E-state index contributed by atoms with van der Waals surface area (Å²) in [6, 6.07) is 8.02. The summed E-state index contributed by atoms with van der Waals surface area (Å²) in [5.74, 6) is -0.162. The summed E-state index contributed by atoms with van der Waals surface area (Å²) in [5, 5.41) is 15.2. The number of morpholine rings is 1. The minimum Gasteiger partial charge on any atom is -0.378 e. The number of para-hydroxylation sites is 2. The summed E-state index contributed by atoms with van der Waals surface area (Å²) < 4.78 is 7.11. The van der Waals surface area contributed by atoms with Crippen LogP contribution < -0.4 is 10.6 Å². The topological polar surface area (TPSA) is 112 Å². The maximum atomic E-state index is 12.9. The first-order chi connectivity index (χ1) is 14.5. The summed E-state index contributed by atoms with van der Waals surface area (Å²) in [6.07, 6.45) is 2.14. The quantitative estimate of drug-likeness (QED) is 0.716. The molecule has 1 aromatic carbocycles. The maximum Gasteiger partial charge on any atom is 0.318 e. The molecule has 1 aliphatic rings. The van der Waals surface area contributed by atoms with Crippen LogP contribution in [0.2, 0.25) is 0 Å². The normalized spacial score (nSPS) is 16.1. The van der Waals surface area contributed by atoms with Gasteiger partial charge in [0.1, 0.15) is 12.1 Å². The fourth-order valence-corrected chi connectivity index (χ4v) is 3.45. The Labute approximate surface area is 176 Å². The number of nitrogens with one attached hydrogen (secondary N) is 2. The number of fused-ring (bicyclic) bond motifs is 1. The third-order valence-corrected chi connectivity index (χ3v) is 5.00. The minimum atomic E-state index is -0.745. The van der Waals surface area contributed by atoms with E-state index in [4.69, 9.17) is 4.74 Å². The Kier molecular flexibility index (Phi) is 7.25. The Morgan fingerprint density at radius 3 is 2.67 bits per heavy atom. The summed E-state index contributed by atoms with van der Waals surface area (Å²) >= 11 is 0. The average Bonchev–Trinajstić information content (AvgIpc) is 3.15. The molecule has 3 rings (SSSR count). The van der Waals surface area contributed by atoms with Crippen LogP contribution in [0.4, 0.5) is 4.79 Å². The van der Waals surface area contributed by atoms with Crippen LogP contribution in [0.15, 0.2) is 30.6 Å². The molecule has 0 saturated carbocycles. The van der Waals surface area contributed by atoms with Crippen molar-refractivity contribution >= 4 is 23.0 Å². The van der Waals surface area contributed by atoms with Gasteiger partial charge in [0.2, 0.25) is 5.91 Å². The van der Waals surface area contributed by atoms with E-state index in [1.54, 1.807) is 11.2 Å². The number of ether oxygens (including phenoxy) is 1. The van der Waals surface area contributed by atoms with E-state index in [1.807, 2.05) is 42.7 Å². The van der Waals surface area contributed by atoms with Crippen molar-refractivity contribution in [3.05, 3.63) is 30.6 Å².